The third kappa shape index (κ3) is 2.71. The zero-order valence-corrected chi connectivity index (χ0v) is 10.9. The smallest absolute Gasteiger partial charge is 0.171 e. The number of rotatable bonds is 5. The summed E-state index contributed by atoms with van der Waals surface area (Å²) < 4.78 is 24.8. The summed E-state index contributed by atoms with van der Waals surface area (Å²) in [6.07, 6.45) is 5.81. The fourth-order valence-electron chi connectivity index (χ4n) is 2.50. The molecule has 1 aliphatic rings. The van der Waals surface area contributed by atoms with E-state index in [-0.39, 0.29) is 11.8 Å². The molecule has 108 valence electrons. The molecule has 0 saturated heterocycles. The Morgan fingerprint density at radius 1 is 1.40 bits per heavy atom. The average Bonchev–Trinajstić information content (AvgIpc) is 3.02. The molecule has 20 heavy (non-hydrogen) atoms. The molecule has 0 amide bonds. The number of nitrogens with two attached hydrogens (primary N) is 2. The van der Waals surface area contributed by atoms with E-state index in [1.54, 1.807) is 6.08 Å². The van der Waals surface area contributed by atoms with E-state index in [9.17, 15) is 8.78 Å². The first kappa shape index (κ1) is 14.2. The zero-order chi connectivity index (χ0) is 14.5. The molecule has 1 aromatic rings. The number of hydrogen-bond donors (Lipinski definition) is 3. The van der Waals surface area contributed by atoms with E-state index in [0.717, 1.165) is 16.8 Å². The lowest BCUT2D eigenvalue weighted by Crippen LogP contribution is -2.18. The minimum atomic E-state index is -0.575. The largest absolute Gasteiger partial charge is 0.380 e. The normalized spacial score (nSPS) is 19.8. The van der Waals surface area contributed by atoms with E-state index in [0.29, 0.717) is 18.5 Å². The van der Waals surface area contributed by atoms with Gasteiger partial charge in [-0.05, 0) is 24.3 Å². The number of allylic oxidation sites excluding steroid dienone is 4. The fourth-order valence-corrected chi connectivity index (χ4v) is 2.50. The molecule has 0 fully saturated rings. The molecule has 1 aromatic heterocycles. The van der Waals surface area contributed by atoms with Gasteiger partial charge in [-0.15, -0.1) is 0 Å². The van der Waals surface area contributed by atoms with Crippen molar-refractivity contribution in [1.82, 2.24) is 10.2 Å². The lowest BCUT2D eigenvalue weighted by molar-refractivity contribution is 0.550. The Morgan fingerprint density at radius 2 is 2.20 bits per heavy atom. The number of H-pyrrole nitrogens is 1. The number of amidine groups is 1. The molecule has 0 aliphatic heterocycles. The van der Waals surface area contributed by atoms with E-state index in [1.807, 2.05) is 0 Å². The second-order valence-corrected chi connectivity index (χ2v) is 4.56. The maximum absolute atomic E-state index is 12.6. The molecule has 0 aromatic carbocycles. The summed E-state index contributed by atoms with van der Waals surface area (Å²) in [5.41, 5.74) is 8.88. The Bertz CT molecular complexity index is 559. The van der Waals surface area contributed by atoms with Crippen LogP contribution >= 0.6 is 0 Å². The second kappa shape index (κ2) is 6.31. The molecular weight excluding hydrogens is 264 g/mol. The van der Waals surface area contributed by atoms with Crippen LogP contribution in [0.25, 0.3) is 0 Å². The Balaban J connectivity index is 2.22. The molecule has 1 aliphatic carbocycles. The lowest BCUT2D eigenvalue weighted by atomic mass is 9.95. The van der Waals surface area contributed by atoms with Gasteiger partial charge in [0.05, 0.1) is 0 Å². The van der Waals surface area contributed by atoms with Crippen molar-refractivity contribution in [3.05, 3.63) is 40.8 Å². The van der Waals surface area contributed by atoms with Crippen molar-refractivity contribution in [1.29, 1.82) is 0 Å². The van der Waals surface area contributed by atoms with Crippen molar-refractivity contribution in [2.24, 2.45) is 22.6 Å². The Hall–Kier alpha value is -2.18. The number of nitrogens with one attached hydrogen (secondary N) is 1. The highest BCUT2D eigenvalue weighted by molar-refractivity contribution is 5.97. The van der Waals surface area contributed by atoms with Crippen molar-refractivity contribution in [2.75, 3.05) is 13.3 Å². The van der Waals surface area contributed by atoms with Crippen molar-refractivity contribution in [3.8, 4) is 0 Å². The molecule has 5 N–H and O–H groups in total. The summed E-state index contributed by atoms with van der Waals surface area (Å²) in [5.74, 6) is 5.41. The molecule has 1 heterocycles. The highest BCUT2D eigenvalue weighted by Crippen LogP contribution is 2.32. The Kier molecular flexibility index (Phi) is 4.49. The van der Waals surface area contributed by atoms with Crippen LogP contribution in [0.15, 0.2) is 28.9 Å². The predicted octanol–water partition coefficient (Wildman–Crippen LogP) is 1.13. The van der Waals surface area contributed by atoms with E-state index < -0.39 is 13.3 Å². The average molecular weight is 281 g/mol. The number of hydrazone groups is 1. The molecule has 5 nitrogen and oxygen atoms in total. The van der Waals surface area contributed by atoms with Gasteiger partial charge < -0.3 is 11.6 Å². The van der Waals surface area contributed by atoms with Gasteiger partial charge in [-0.1, -0.05) is 18.2 Å². The Morgan fingerprint density at radius 3 is 2.85 bits per heavy atom. The summed E-state index contributed by atoms with van der Waals surface area (Å²) in [6, 6.07) is 0. The minimum absolute atomic E-state index is 0.0853. The van der Waals surface area contributed by atoms with Crippen LogP contribution in [0.4, 0.5) is 8.78 Å². The molecule has 0 bridgehead atoms. The quantitative estimate of drug-likeness (QED) is 0.248. The van der Waals surface area contributed by atoms with Crippen LogP contribution in [0.3, 0.4) is 0 Å². The van der Waals surface area contributed by atoms with Crippen LogP contribution in [0.2, 0.25) is 0 Å². The van der Waals surface area contributed by atoms with Gasteiger partial charge in [0, 0.05) is 11.3 Å². The number of hydrogen-bond acceptors (Lipinski definition) is 3. The van der Waals surface area contributed by atoms with Gasteiger partial charge in [0.15, 0.2) is 5.84 Å². The molecule has 7 heteroatoms. The van der Waals surface area contributed by atoms with Crippen LogP contribution in [0.1, 0.15) is 17.0 Å². The topological polar surface area (TPSA) is 93.1 Å². The molecule has 1 unspecified atom stereocenters. The van der Waals surface area contributed by atoms with Gasteiger partial charge in [-0.2, -0.15) is 10.2 Å². The molecular formula is C13H17F2N5. The number of alkyl halides is 2. The number of aromatic amines is 1. The van der Waals surface area contributed by atoms with Gasteiger partial charge >= 0.3 is 0 Å². The van der Waals surface area contributed by atoms with Gasteiger partial charge in [-0.3, -0.25) is 5.10 Å². The van der Waals surface area contributed by atoms with Crippen LogP contribution in [0.5, 0.6) is 0 Å². The third-order valence-corrected chi connectivity index (χ3v) is 3.42. The summed E-state index contributed by atoms with van der Waals surface area (Å²) in [4.78, 5) is 0. The van der Waals surface area contributed by atoms with Crippen molar-refractivity contribution < 1.29 is 8.78 Å². The van der Waals surface area contributed by atoms with Gasteiger partial charge in [-0.25, -0.2) is 8.78 Å². The first-order chi connectivity index (χ1) is 9.71. The molecule has 0 spiro atoms. The van der Waals surface area contributed by atoms with Crippen LogP contribution in [-0.2, 0) is 12.8 Å². The molecule has 0 saturated carbocycles. The summed E-state index contributed by atoms with van der Waals surface area (Å²) in [5, 5.41) is 10.4. The lowest BCUT2D eigenvalue weighted by Gasteiger charge is -2.10. The standard InChI is InChI=1S/C13H17F2N5/c14-4-1-2-8(3-5-15)9-6-10-11(7-9)19-20-12(10)13(16)18-17/h1-3,9H,4-7,17H2,(H2,16,18)(H,19,20)/b2-1-,8-3+. The second-order valence-electron chi connectivity index (χ2n) is 4.56. The van der Waals surface area contributed by atoms with Crippen molar-refractivity contribution in [3.63, 3.8) is 0 Å². The maximum atomic E-state index is 12.6. The van der Waals surface area contributed by atoms with Gasteiger partial charge in [0.2, 0.25) is 0 Å². The van der Waals surface area contributed by atoms with Gasteiger partial charge in [0.1, 0.15) is 19.0 Å². The number of aromatic nitrogens is 2. The monoisotopic (exact) mass is 281 g/mol. The summed E-state index contributed by atoms with van der Waals surface area (Å²) in [6.45, 7) is -1.14. The van der Waals surface area contributed by atoms with Crippen LogP contribution in [0, 0.1) is 5.92 Å². The van der Waals surface area contributed by atoms with Gasteiger partial charge in [0.25, 0.3) is 0 Å². The first-order valence-electron chi connectivity index (χ1n) is 6.29. The van der Waals surface area contributed by atoms with Crippen molar-refractivity contribution >= 4 is 5.84 Å². The summed E-state index contributed by atoms with van der Waals surface area (Å²) in [7, 11) is 0. The van der Waals surface area contributed by atoms with Crippen LogP contribution < -0.4 is 11.6 Å². The highest BCUT2D eigenvalue weighted by atomic mass is 19.1. The number of fused-ring (bicyclic) bond motifs is 1. The number of nitrogens with zero attached hydrogens (tertiary/aromatic N) is 2. The Labute approximate surface area is 115 Å². The third-order valence-electron chi connectivity index (χ3n) is 3.42. The van der Waals surface area contributed by atoms with E-state index >= 15 is 0 Å². The van der Waals surface area contributed by atoms with E-state index in [4.69, 9.17) is 11.6 Å². The minimum Gasteiger partial charge on any atom is -0.380 e. The zero-order valence-electron chi connectivity index (χ0n) is 10.9. The van der Waals surface area contributed by atoms with E-state index in [1.165, 1.54) is 12.2 Å². The van der Waals surface area contributed by atoms with Crippen molar-refractivity contribution in [2.45, 2.75) is 12.8 Å². The molecule has 1 atom stereocenters. The fraction of sp³-hybridized carbons (Fsp3) is 0.385. The molecule has 0 radical (unpaired) electrons. The number of halogens is 2. The van der Waals surface area contributed by atoms with E-state index in [2.05, 4.69) is 15.3 Å². The highest BCUT2D eigenvalue weighted by Gasteiger charge is 2.29. The first-order valence-corrected chi connectivity index (χ1v) is 6.29. The van der Waals surface area contributed by atoms with Crippen LogP contribution in [-0.4, -0.2) is 29.4 Å². The summed E-state index contributed by atoms with van der Waals surface area (Å²) >= 11 is 0. The maximum Gasteiger partial charge on any atom is 0.171 e. The SMILES string of the molecule is N/N=C(\N)c1n[nH]c2c1CC(C(/C=C\CF)=C/CF)C2. The predicted molar refractivity (Wildman–Crippen MR) is 73.6 cm³/mol. The molecule has 2 rings (SSSR count).